The molecule has 20 heavy (non-hydrogen) atoms. The van der Waals surface area contributed by atoms with Gasteiger partial charge in [0.1, 0.15) is 11.4 Å². The number of carbonyl (C=O) groups is 1. The van der Waals surface area contributed by atoms with Crippen molar-refractivity contribution >= 4 is 11.6 Å². The summed E-state index contributed by atoms with van der Waals surface area (Å²) in [6, 6.07) is 11.1. The molecule has 4 nitrogen and oxygen atoms in total. The lowest BCUT2D eigenvalue weighted by atomic mass is 10.2. The Morgan fingerprint density at radius 3 is 2.70 bits per heavy atom. The molecule has 2 rings (SSSR count). The number of anilines is 1. The van der Waals surface area contributed by atoms with Crippen molar-refractivity contribution in [2.75, 3.05) is 11.9 Å². The molecule has 1 N–H and O–H groups in total. The molecule has 1 heterocycles. The topological polar surface area (TPSA) is 51.2 Å². The van der Waals surface area contributed by atoms with Crippen LogP contribution in [0.25, 0.3) is 0 Å². The van der Waals surface area contributed by atoms with Crippen LogP contribution >= 0.6 is 0 Å². The van der Waals surface area contributed by atoms with E-state index in [1.165, 1.54) is 0 Å². The molecule has 0 atom stereocenters. The molecule has 2 aromatic rings. The molecule has 0 aliphatic carbocycles. The van der Waals surface area contributed by atoms with Gasteiger partial charge in [-0.05, 0) is 50.6 Å². The lowest BCUT2D eigenvalue weighted by Gasteiger charge is -2.11. The summed E-state index contributed by atoms with van der Waals surface area (Å²) >= 11 is 0. The quantitative estimate of drug-likeness (QED) is 0.927. The summed E-state index contributed by atoms with van der Waals surface area (Å²) in [5, 5.41) is 2.84. The fourth-order valence-electron chi connectivity index (χ4n) is 2.00. The number of rotatable bonds is 4. The molecule has 0 aliphatic rings. The van der Waals surface area contributed by atoms with E-state index in [2.05, 4.69) is 10.3 Å². The molecule has 0 aliphatic heterocycles. The van der Waals surface area contributed by atoms with E-state index in [9.17, 15) is 4.79 Å². The van der Waals surface area contributed by atoms with Gasteiger partial charge in [0, 0.05) is 5.69 Å². The van der Waals surface area contributed by atoms with Crippen LogP contribution in [0, 0.1) is 13.8 Å². The zero-order valence-electron chi connectivity index (χ0n) is 11.9. The Morgan fingerprint density at radius 2 is 2.00 bits per heavy atom. The molecule has 0 saturated heterocycles. The second-order valence-electron chi connectivity index (χ2n) is 4.55. The molecule has 0 radical (unpaired) electrons. The van der Waals surface area contributed by atoms with Gasteiger partial charge in [-0.15, -0.1) is 0 Å². The molecule has 0 saturated carbocycles. The Labute approximate surface area is 118 Å². The van der Waals surface area contributed by atoms with Gasteiger partial charge in [-0.25, -0.2) is 4.98 Å². The normalized spacial score (nSPS) is 10.2. The van der Waals surface area contributed by atoms with Crippen molar-refractivity contribution in [2.24, 2.45) is 0 Å². The van der Waals surface area contributed by atoms with E-state index in [4.69, 9.17) is 4.74 Å². The van der Waals surface area contributed by atoms with Crippen LogP contribution in [0.15, 0.2) is 36.4 Å². The molecule has 4 heteroatoms. The van der Waals surface area contributed by atoms with Gasteiger partial charge in [-0.2, -0.15) is 0 Å². The minimum Gasteiger partial charge on any atom is -0.492 e. The summed E-state index contributed by atoms with van der Waals surface area (Å²) in [6.45, 7) is 6.27. The van der Waals surface area contributed by atoms with Crippen molar-refractivity contribution in [1.82, 2.24) is 4.98 Å². The molecule has 1 aromatic carbocycles. The lowest BCUT2D eigenvalue weighted by molar-refractivity contribution is 0.102. The minimum absolute atomic E-state index is 0.232. The first-order valence-corrected chi connectivity index (χ1v) is 6.58. The molecule has 0 spiro atoms. The number of amides is 1. The van der Waals surface area contributed by atoms with Crippen molar-refractivity contribution in [1.29, 1.82) is 0 Å². The molecule has 104 valence electrons. The number of pyridine rings is 1. The molecule has 1 amide bonds. The van der Waals surface area contributed by atoms with Crippen LogP contribution in [0.5, 0.6) is 5.75 Å². The molecule has 0 bridgehead atoms. The van der Waals surface area contributed by atoms with Crippen LogP contribution in [0.3, 0.4) is 0 Å². The van der Waals surface area contributed by atoms with Crippen LogP contribution < -0.4 is 10.1 Å². The van der Waals surface area contributed by atoms with Crippen molar-refractivity contribution in [2.45, 2.75) is 20.8 Å². The summed E-state index contributed by atoms with van der Waals surface area (Å²) in [5.74, 6) is 0.427. The third-order valence-electron chi connectivity index (χ3n) is 2.77. The standard InChI is InChI=1S/C16H18N2O2/c1-4-20-15-8-6-5-7-13(15)18-16(19)14-10-11(2)9-12(3)17-14/h5-10H,4H2,1-3H3,(H,18,19). The fraction of sp³-hybridized carbons (Fsp3) is 0.250. The Morgan fingerprint density at radius 1 is 1.25 bits per heavy atom. The van der Waals surface area contributed by atoms with Gasteiger partial charge in [0.2, 0.25) is 0 Å². The van der Waals surface area contributed by atoms with Crippen LogP contribution in [0.1, 0.15) is 28.7 Å². The number of nitrogens with one attached hydrogen (secondary N) is 1. The second kappa shape index (κ2) is 6.19. The number of hydrogen-bond acceptors (Lipinski definition) is 3. The van der Waals surface area contributed by atoms with Crippen molar-refractivity contribution in [3.05, 3.63) is 53.3 Å². The molecule has 0 fully saturated rings. The second-order valence-corrected chi connectivity index (χ2v) is 4.55. The van der Waals surface area contributed by atoms with Crippen molar-refractivity contribution in [3.63, 3.8) is 0 Å². The van der Waals surface area contributed by atoms with Crippen molar-refractivity contribution in [3.8, 4) is 5.75 Å². The van der Waals surface area contributed by atoms with Crippen molar-refractivity contribution < 1.29 is 9.53 Å². The minimum atomic E-state index is -0.232. The average molecular weight is 270 g/mol. The van der Waals surface area contributed by atoms with E-state index in [1.807, 2.05) is 51.1 Å². The van der Waals surface area contributed by atoms with Gasteiger partial charge < -0.3 is 10.1 Å². The van der Waals surface area contributed by atoms with Gasteiger partial charge in [-0.1, -0.05) is 12.1 Å². The highest BCUT2D eigenvalue weighted by Gasteiger charge is 2.11. The number of ether oxygens (including phenoxy) is 1. The number of benzene rings is 1. The Kier molecular flexibility index (Phi) is 4.35. The Bertz CT molecular complexity index is 603. The number of aromatic nitrogens is 1. The number of aryl methyl sites for hydroxylation is 2. The predicted molar refractivity (Wildman–Crippen MR) is 79.3 cm³/mol. The average Bonchev–Trinajstić information content (AvgIpc) is 2.40. The maximum Gasteiger partial charge on any atom is 0.274 e. The van der Waals surface area contributed by atoms with Gasteiger partial charge >= 0.3 is 0 Å². The first-order valence-electron chi connectivity index (χ1n) is 6.58. The third kappa shape index (κ3) is 3.35. The molecular weight excluding hydrogens is 252 g/mol. The highest BCUT2D eigenvalue weighted by atomic mass is 16.5. The smallest absolute Gasteiger partial charge is 0.274 e. The van der Waals surface area contributed by atoms with Crippen LogP contribution in [0.2, 0.25) is 0 Å². The van der Waals surface area contributed by atoms with Gasteiger partial charge in [0.25, 0.3) is 5.91 Å². The zero-order valence-corrected chi connectivity index (χ0v) is 11.9. The molecular formula is C16H18N2O2. The Hall–Kier alpha value is -2.36. The Balaban J connectivity index is 2.23. The highest BCUT2D eigenvalue weighted by molar-refractivity contribution is 6.03. The summed E-state index contributed by atoms with van der Waals surface area (Å²) in [7, 11) is 0. The van der Waals surface area contributed by atoms with Gasteiger partial charge in [0.15, 0.2) is 0 Å². The van der Waals surface area contributed by atoms with Crippen LogP contribution in [-0.2, 0) is 0 Å². The number of carbonyl (C=O) groups excluding carboxylic acids is 1. The van der Waals surface area contributed by atoms with Crippen LogP contribution in [0.4, 0.5) is 5.69 Å². The first-order chi connectivity index (χ1) is 9.60. The van der Waals surface area contributed by atoms with Gasteiger partial charge in [0.05, 0.1) is 12.3 Å². The number of para-hydroxylation sites is 2. The van der Waals surface area contributed by atoms with E-state index < -0.39 is 0 Å². The van der Waals surface area contributed by atoms with Crippen LogP contribution in [-0.4, -0.2) is 17.5 Å². The molecule has 1 aromatic heterocycles. The SMILES string of the molecule is CCOc1ccccc1NC(=O)c1cc(C)cc(C)n1. The molecule has 0 unspecified atom stereocenters. The summed E-state index contributed by atoms with van der Waals surface area (Å²) in [6.07, 6.45) is 0. The first kappa shape index (κ1) is 14.1. The van der Waals surface area contributed by atoms with E-state index >= 15 is 0 Å². The number of hydrogen-bond donors (Lipinski definition) is 1. The summed E-state index contributed by atoms with van der Waals surface area (Å²) < 4.78 is 5.49. The summed E-state index contributed by atoms with van der Waals surface area (Å²) in [5.41, 5.74) is 2.91. The summed E-state index contributed by atoms with van der Waals surface area (Å²) in [4.78, 5) is 16.5. The third-order valence-corrected chi connectivity index (χ3v) is 2.77. The number of nitrogens with zero attached hydrogens (tertiary/aromatic N) is 1. The van der Waals surface area contributed by atoms with E-state index in [0.29, 0.717) is 23.7 Å². The van der Waals surface area contributed by atoms with Gasteiger partial charge in [-0.3, -0.25) is 4.79 Å². The largest absolute Gasteiger partial charge is 0.492 e. The van der Waals surface area contributed by atoms with E-state index in [0.717, 1.165) is 11.3 Å². The highest BCUT2D eigenvalue weighted by Crippen LogP contribution is 2.24. The maximum absolute atomic E-state index is 12.2. The fourth-order valence-corrected chi connectivity index (χ4v) is 2.00. The zero-order chi connectivity index (χ0) is 14.5. The predicted octanol–water partition coefficient (Wildman–Crippen LogP) is 3.35. The maximum atomic E-state index is 12.2. The van der Waals surface area contributed by atoms with E-state index in [-0.39, 0.29) is 5.91 Å². The lowest BCUT2D eigenvalue weighted by Crippen LogP contribution is -2.15. The monoisotopic (exact) mass is 270 g/mol. The van der Waals surface area contributed by atoms with E-state index in [1.54, 1.807) is 6.07 Å².